The Morgan fingerprint density at radius 1 is 1.29 bits per heavy atom. The minimum Gasteiger partial charge on any atom is -0.368 e. The smallest absolute Gasteiger partial charge is 0.234 e. The van der Waals surface area contributed by atoms with E-state index in [1.54, 1.807) is 18.5 Å². The zero-order chi connectivity index (χ0) is 12.3. The summed E-state index contributed by atoms with van der Waals surface area (Å²) in [6, 6.07) is 1.60. The Morgan fingerprint density at radius 2 is 1.88 bits per heavy atom. The first kappa shape index (κ1) is 11.8. The standard InChI is InChI=1S/C11H17N5O/c1-9(10(12)17)15-5-7-16(8-6-15)11-13-3-2-4-14-11/h2-4,9H,5-8H2,1H3,(H2,12,17). The van der Waals surface area contributed by atoms with Crippen molar-refractivity contribution < 1.29 is 4.79 Å². The molecule has 1 aromatic rings. The molecule has 0 radical (unpaired) electrons. The zero-order valence-electron chi connectivity index (χ0n) is 9.91. The van der Waals surface area contributed by atoms with Crippen molar-refractivity contribution in [3.05, 3.63) is 18.5 Å². The molecule has 0 bridgehead atoms. The summed E-state index contributed by atoms with van der Waals surface area (Å²) >= 11 is 0. The lowest BCUT2D eigenvalue weighted by Gasteiger charge is -2.36. The molecule has 1 aliphatic rings. The first-order chi connectivity index (χ1) is 8.18. The van der Waals surface area contributed by atoms with Gasteiger partial charge in [0.05, 0.1) is 6.04 Å². The summed E-state index contributed by atoms with van der Waals surface area (Å²) in [5.41, 5.74) is 5.29. The van der Waals surface area contributed by atoms with Gasteiger partial charge in [-0.2, -0.15) is 0 Å². The summed E-state index contributed by atoms with van der Waals surface area (Å²) in [7, 11) is 0. The summed E-state index contributed by atoms with van der Waals surface area (Å²) in [5, 5.41) is 0. The lowest BCUT2D eigenvalue weighted by atomic mass is 10.2. The SMILES string of the molecule is CC(C(N)=O)N1CCN(c2ncccn2)CC1. The van der Waals surface area contributed by atoms with Crippen LogP contribution in [0.2, 0.25) is 0 Å². The van der Waals surface area contributed by atoms with Gasteiger partial charge in [-0.05, 0) is 13.0 Å². The van der Waals surface area contributed by atoms with Crippen LogP contribution in [0.25, 0.3) is 0 Å². The predicted octanol–water partition coefficient (Wildman–Crippen LogP) is -0.528. The van der Waals surface area contributed by atoms with Crippen LogP contribution in [-0.2, 0) is 4.79 Å². The van der Waals surface area contributed by atoms with E-state index in [1.165, 1.54) is 0 Å². The molecule has 0 aliphatic carbocycles. The zero-order valence-corrected chi connectivity index (χ0v) is 9.91. The van der Waals surface area contributed by atoms with Gasteiger partial charge in [-0.1, -0.05) is 0 Å². The number of rotatable bonds is 3. The van der Waals surface area contributed by atoms with Crippen molar-refractivity contribution in [1.29, 1.82) is 0 Å². The number of hydrogen-bond acceptors (Lipinski definition) is 5. The monoisotopic (exact) mass is 235 g/mol. The number of carbonyl (C=O) groups excluding carboxylic acids is 1. The third kappa shape index (κ3) is 2.71. The van der Waals surface area contributed by atoms with Gasteiger partial charge in [-0.3, -0.25) is 9.69 Å². The van der Waals surface area contributed by atoms with Gasteiger partial charge in [0, 0.05) is 38.6 Å². The molecular formula is C11H17N5O. The number of primary amides is 1. The number of carbonyl (C=O) groups is 1. The van der Waals surface area contributed by atoms with Gasteiger partial charge in [0.1, 0.15) is 0 Å². The van der Waals surface area contributed by atoms with E-state index in [0.29, 0.717) is 0 Å². The van der Waals surface area contributed by atoms with Crippen molar-refractivity contribution in [2.75, 3.05) is 31.1 Å². The fourth-order valence-corrected chi connectivity index (χ4v) is 1.94. The van der Waals surface area contributed by atoms with E-state index in [-0.39, 0.29) is 11.9 Å². The van der Waals surface area contributed by atoms with Crippen LogP contribution in [0.4, 0.5) is 5.95 Å². The third-order valence-corrected chi connectivity index (χ3v) is 3.11. The first-order valence-electron chi connectivity index (χ1n) is 5.74. The number of hydrogen-bond donors (Lipinski definition) is 1. The highest BCUT2D eigenvalue weighted by Gasteiger charge is 2.24. The highest BCUT2D eigenvalue weighted by molar-refractivity contribution is 5.79. The van der Waals surface area contributed by atoms with Crippen LogP contribution in [0.5, 0.6) is 0 Å². The van der Waals surface area contributed by atoms with Crippen molar-refractivity contribution in [3.8, 4) is 0 Å². The summed E-state index contributed by atoms with van der Waals surface area (Å²) in [4.78, 5) is 23.7. The van der Waals surface area contributed by atoms with Crippen molar-refractivity contribution in [1.82, 2.24) is 14.9 Å². The van der Waals surface area contributed by atoms with Crippen LogP contribution in [0.15, 0.2) is 18.5 Å². The number of amides is 1. The quantitative estimate of drug-likeness (QED) is 0.762. The van der Waals surface area contributed by atoms with E-state index >= 15 is 0 Å². The van der Waals surface area contributed by atoms with Crippen LogP contribution in [0.1, 0.15) is 6.92 Å². The van der Waals surface area contributed by atoms with E-state index in [4.69, 9.17) is 5.73 Å². The average Bonchev–Trinajstić information content (AvgIpc) is 2.39. The maximum atomic E-state index is 11.1. The van der Waals surface area contributed by atoms with Gasteiger partial charge in [-0.15, -0.1) is 0 Å². The van der Waals surface area contributed by atoms with E-state index in [9.17, 15) is 4.79 Å². The van der Waals surface area contributed by atoms with Crippen molar-refractivity contribution >= 4 is 11.9 Å². The molecule has 17 heavy (non-hydrogen) atoms. The Bertz CT molecular complexity index is 375. The van der Waals surface area contributed by atoms with Crippen molar-refractivity contribution in [2.24, 2.45) is 5.73 Å². The molecule has 0 spiro atoms. The van der Waals surface area contributed by atoms with Gasteiger partial charge >= 0.3 is 0 Å². The lowest BCUT2D eigenvalue weighted by Crippen LogP contribution is -2.53. The lowest BCUT2D eigenvalue weighted by molar-refractivity contribution is -0.122. The van der Waals surface area contributed by atoms with Gasteiger partial charge in [-0.25, -0.2) is 9.97 Å². The molecule has 92 valence electrons. The van der Waals surface area contributed by atoms with E-state index in [2.05, 4.69) is 19.8 Å². The molecule has 1 aliphatic heterocycles. The van der Waals surface area contributed by atoms with Crippen molar-refractivity contribution in [3.63, 3.8) is 0 Å². The molecule has 1 unspecified atom stereocenters. The molecule has 2 rings (SSSR count). The fraction of sp³-hybridized carbons (Fsp3) is 0.545. The van der Waals surface area contributed by atoms with Crippen LogP contribution >= 0.6 is 0 Å². The highest BCUT2D eigenvalue weighted by atomic mass is 16.1. The number of nitrogens with two attached hydrogens (primary N) is 1. The number of nitrogens with zero attached hydrogens (tertiary/aromatic N) is 4. The minimum atomic E-state index is -0.269. The van der Waals surface area contributed by atoms with Crippen LogP contribution in [-0.4, -0.2) is 53.0 Å². The molecule has 6 nitrogen and oxygen atoms in total. The molecule has 1 atom stereocenters. The first-order valence-corrected chi connectivity index (χ1v) is 5.74. The molecule has 6 heteroatoms. The van der Waals surface area contributed by atoms with E-state index in [1.807, 2.05) is 6.92 Å². The number of piperazine rings is 1. The van der Waals surface area contributed by atoms with Crippen LogP contribution < -0.4 is 10.6 Å². The fourth-order valence-electron chi connectivity index (χ4n) is 1.94. The normalized spacial score (nSPS) is 19.0. The van der Waals surface area contributed by atoms with Gasteiger partial charge < -0.3 is 10.6 Å². The number of anilines is 1. The summed E-state index contributed by atoms with van der Waals surface area (Å²) in [5.74, 6) is 0.480. The van der Waals surface area contributed by atoms with Gasteiger partial charge in [0.15, 0.2) is 0 Å². The summed E-state index contributed by atoms with van der Waals surface area (Å²) < 4.78 is 0. The Balaban J connectivity index is 1.93. The van der Waals surface area contributed by atoms with E-state index < -0.39 is 0 Å². The summed E-state index contributed by atoms with van der Waals surface area (Å²) in [6.45, 7) is 5.10. The highest BCUT2D eigenvalue weighted by Crippen LogP contribution is 2.11. The average molecular weight is 235 g/mol. The number of aromatic nitrogens is 2. The predicted molar refractivity (Wildman–Crippen MR) is 64.5 cm³/mol. The van der Waals surface area contributed by atoms with Gasteiger partial charge in [0.2, 0.25) is 11.9 Å². The Kier molecular flexibility index (Phi) is 3.53. The Labute approximate surface area is 100 Å². The molecule has 1 aromatic heterocycles. The third-order valence-electron chi connectivity index (χ3n) is 3.11. The molecule has 1 saturated heterocycles. The Hall–Kier alpha value is -1.69. The topological polar surface area (TPSA) is 75.4 Å². The van der Waals surface area contributed by atoms with Crippen molar-refractivity contribution in [2.45, 2.75) is 13.0 Å². The molecule has 0 saturated carbocycles. The maximum Gasteiger partial charge on any atom is 0.234 e. The van der Waals surface area contributed by atoms with Crippen LogP contribution in [0, 0.1) is 0 Å². The summed E-state index contributed by atoms with van der Waals surface area (Å²) in [6.07, 6.45) is 3.47. The largest absolute Gasteiger partial charge is 0.368 e. The molecular weight excluding hydrogens is 218 g/mol. The molecule has 1 amide bonds. The van der Waals surface area contributed by atoms with Crippen LogP contribution in [0.3, 0.4) is 0 Å². The van der Waals surface area contributed by atoms with E-state index in [0.717, 1.165) is 32.1 Å². The Morgan fingerprint density at radius 3 is 2.41 bits per heavy atom. The maximum absolute atomic E-state index is 11.1. The van der Waals surface area contributed by atoms with Gasteiger partial charge in [0.25, 0.3) is 0 Å². The minimum absolute atomic E-state index is 0.200. The molecule has 1 fully saturated rings. The molecule has 2 heterocycles. The second-order valence-corrected chi connectivity index (χ2v) is 4.15. The second-order valence-electron chi connectivity index (χ2n) is 4.15. The second kappa shape index (κ2) is 5.09. The molecule has 0 aromatic carbocycles. The molecule has 2 N–H and O–H groups in total.